The number of nitrogens with two attached hydrogens (primary N) is 2. The van der Waals surface area contributed by atoms with Crippen LogP contribution in [-0.2, 0) is 13.2 Å². The van der Waals surface area contributed by atoms with Crippen LogP contribution in [0.5, 0.6) is 5.75 Å². The average molecular weight is 412 g/mol. The topological polar surface area (TPSA) is 111 Å². The normalized spacial score (nSPS) is 11.3. The Labute approximate surface area is 180 Å². The molecular formula is C24H24N6O. The average Bonchev–Trinajstić information content (AvgIpc) is 2.82. The lowest BCUT2D eigenvalue weighted by molar-refractivity contribution is 0.302. The number of rotatable bonds is 8. The number of ether oxygens (including phenoxy) is 1. The number of hydrogen-bond donors (Lipinski definition) is 4. The van der Waals surface area contributed by atoms with Crippen molar-refractivity contribution in [3.63, 3.8) is 0 Å². The van der Waals surface area contributed by atoms with Crippen LogP contribution in [0.25, 0.3) is 10.9 Å². The van der Waals surface area contributed by atoms with Crippen LogP contribution in [0.3, 0.4) is 0 Å². The highest BCUT2D eigenvalue weighted by Gasteiger charge is 2.03. The van der Waals surface area contributed by atoms with Crippen molar-refractivity contribution in [3.05, 3.63) is 102 Å². The van der Waals surface area contributed by atoms with E-state index in [1.54, 1.807) is 0 Å². The summed E-state index contributed by atoms with van der Waals surface area (Å²) in [7, 11) is 0. The SMILES string of the molecule is NN/N=C(\N)c1ccc(CNc2cccc(OCc3ccc4ccccc4n3)c2)cc1. The molecular weight excluding hydrogens is 388 g/mol. The molecule has 0 atom stereocenters. The van der Waals surface area contributed by atoms with E-state index in [1.807, 2.05) is 72.8 Å². The zero-order chi connectivity index (χ0) is 21.5. The summed E-state index contributed by atoms with van der Waals surface area (Å²) in [6.07, 6.45) is 0. The van der Waals surface area contributed by atoms with Gasteiger partial charge in [0, 0.05) is 29.2 Å². The van der Waals surface area contributed by atoms with E-state index in [-0.39, 0.29) is 0 Å². The van der Waals surface area contributed by atoms with Crippen LogP contribution in [0.1, 0.15) is 16.8 Å². The third kappa shape index (κ3) is 5.29. The Morgan fingerprint density at radius 3 is 2.61 bits per heavy atom. The first-order chi connectivity index (χ1) is 15.2. The molecule has 0 bridgehead atoms. The summed E-state index contributed by atoms with van der Waals surface area (Å²) in [5.41, 5.74) is 12.8. The fourth-order valence-corrected chi connectivity index (χ4v) is 3.17. The van der Waals surface area contributed by atoms with E-state index in [0.29, 0.717) is 19.0 Å². The fraction of sp³-hybridized carbons (Fsp3) is 0.0833. The van der Waals surface area contributed by atoms with E-state index in [0.717, 1.165) is 39.2 Å². The Bertz CT molecular complexity index is 1190. The predicted molar refractivity (Wildman–Crippen MR) is 124 cm³/mol. The van der Waals surface area contributed by atoms with Crippen LogP contribution in [0.15, 0.2) is 90.0 Å². The molecule has 0 amide bonds. The molecule has 6 N–H and O–H groups in total. The molecule has 0 fully saturated rings. The van der Waals surface area contributed by atoms with Gasteiger partial charge in [0.05, 0.1) is 11.2 Å². The fourth-order valence-electron chi connectivity index (χ4n) is 3.17. The van der Waals surface area contributed by atoms with Gasteiger partial charge < -0.3 is 15.8 Å². The molecule has 7 nitrogen and oxygen atoms in total. The number of amidine groups is 1. The zero-order valence-corrected chi connectivity index (χ0v) is 17.0. The molecule has 0 aliphatic carbocycles. The molecule has 1 heterocycles. The van der Waals surface area contributed by atoms with Gasteiger partial charge >= 0.3 is 0 Å². The van der Waals surface area contributed by atoms with Gasteiger partial charge in [-0.15, -0.1) is 5.10 Å². The maximum atomic E-state index is 5.95. The lowest BCUT2D eigenvalue weighted by Gasteiger charge is -2.11. The molecule has 0 aliphatic heterocycles. The van der Waals surface area contributed by atoms with Crippen LogP contribution in [0.2, 0.25) is 0 Å². The van der Waals surface area contributed by atoms with Gasteiger partial charge in [-0.25, -0.2) is 16.4 Å². The summed E-state index contributed by atoms with van der Waals surface area (Å²) < 4.78 is 5.95. The first-order valence-corrected chi connectivity index (χ1v) is 9.91. The van der Waals surface area contributed by atoms with Crippen molar-refractivity contribution < 1.29 is 4.74 Å². The molecule has 1 aromatic heterocycles. The number of para-hydroxylation sites is 1. The number of pyridine rings is 1. The molecule has 31 heavy (non-hydrogen) atoms. The van der Waals surface area contributed by atoms with Gasteiger partial charge in [-0.3, -0.25) is 0 Å². The Balaban J connectivity index is 1.35. The number of anilines is 1. The van der Waals surface area contributed by atoms with E-state index < -0.39 is 0 Å². The number of aromatic nitrogens is 1. The van der Waals surface area contributed by atoms with E-state index in [9.17, 15) is 0 Å². The second kappa shape index (κ2) is 9.60. The molecule has 4 rings (SSSR count). The largest absolute Gasteiger partial charge is 0.487 e. The predicted octanol–water partition coefficient (Wildman–Crippen LogP) is 3.51. The quantitative estimate of drug-likeness (QED) is 0.153. The Kier molecular flexibility index (Phi) is 6.25. The highest BCUT2D eigenvalue weighted by molar-refractivity contribution is 5.97. The first kappa shape index (κ1) is 20.2. The monoisotopic (exact) mass is 412 g/mol. The number of fused-ring (bicyclic) bond motifs is 1. The second-order valence-corrected chi connectivity index (χ2v) is 6.99. The van der Waals surface area contributed by atoms with Gasteiger partial charge in [-0.2, -0.15) is 0 Å². The van der Waals surface area contributed by atoms with Gasteiger partial charge in [0.25, 0.3) is 0 Å². The minimum atomic E-state index is 0.341. The summed E-state index contributed by atoms with van der Waals surface area (Å²) >= 11 is 0. The number of nitrogens with one attached hydrogen (secondary N) is 2. The minimum absolute atomic E-state index is 0.341. The lowest BCUT2D eigenvalue weighted by Crippen LogP contribution is -2.22. The van der Waals surface area contributed by atoms with Crippen molar-refractivity contribution in [2.75, 3.05) is 5.32 Å². The second-order valence-electron chi connectivity index (χ2n) is 6.99. The zero-order valence-electron chi connectivity index (χ0n) is 17.0. The molecule has 156 valence electrons. The molecule has 0 aliphatic rings. The van der Waals surface area contributed by atoms with Crippen molar-refractivity contribution in [3.8, 4) is 5.75 Å². The third-order valence-corrected chi connectivity index (χ3v) is 4.81. The van der Waals surface area contributed by atoms with Gasteiger partial charge in [-0.05, 0) is 29.8 Å². The summed E-state index contributed by atoms with van der Waals surface area (Å²) in [5, 5.41) is 8.30. The molecule has 4 aromatic rings. The Hall–Kier alpha value is -4.10. The molecule has 0 radical (unpaired) electrons. The highest BCUT2D eigenvalue weighted by atomic mass is 16.5. The van der Waals surface area contributed by atoms with E-state index in [4.69, 9.17) is 16.3 Å². The smallest absolute Gasteiger partial charge is 0.152 e. The number of benzene rings is 3. The van der Waals surface area contributed by atoms with Crippen molar-refractivity contribution in [2.24, 2.45) is 16.7 Å². The van der Waals surface area contributed by atoms with Crippen LogP contribution < -0.4 is 27.2 Å². The minimum Gasteiger partial charge on any atom is -0.487 e. The number of hydrazine groups is 1. The van der Waals surface area contributed by atoms with E-state index >= 15 is 0 Å². The van der Waals surface area contributed by atoms with Gasteiger partial charge in [0.15, 0.2) is 5.84 Å². The summed E-state index contributed by atoms with van der Waals surface area (Å²) in [6, 6.07) is 27.8. The lowest BCUT2D eigenvalue weighted by atomic mass is 10.1. The van der Waals surface area contributed by atoms with Gasteiger partial charge in [0.2, 0.25) is 0 Å². The van der Waals surface area contributed by atoms with E-state index in [2.05, 4.69) is 33.1 Å². The molecule has 0 saturated heterocycles. The van der Waals surface area contributed by atoms with Crippen molar-refractivity contribution in [1.29, 1.82) is 0 Å². The summed E-state index contributed by atoms with van der Waals surface area (Å²) in [6.45, 7) is 1.08. The Morgan fingerprint density at radius 2 is 1.77 bits per heavy atom. The molecule has 0 spiro atoms. The number of nitrogens with zero attached hydrogens (tertiary/aromatic N) is 2. The van der Waals surface area contributed by atoms with Gasteiger partial charge in [-0.1, -0.05) is 54.6 Å². The molecule has 0 saturated carbocycles. The maximum absolute atomic E-state index is 5.95. The molecule has 7 heteroatoms. The number of hydrazone groups is 1. The van der Waals surface area contributed by atoms with Crippen LogP contribution >= 0.6 is 0 Å². The van der Waals surface area contributed by atoms with E-state index in [1.165, 1.54) is 0 Å². The van der Waals surface area contributed by atoms with Crippen LogP contribution in [0.4, 0.5) is 5.69 Å². The molecule has 0 unspecified atom stereocenters. The standard InChI is InChI=1S/C24H24N6O/c25-24(29-30-26)19-10-8-17(9-11-19)15-27-20-5-3-6-22(14-20)31-16-21-13-12-18-4-1-2-7-23(18)28-21/h1-14,27,30H,15-16,26H2,(H2,25,29). The van der Waals surface area contributed by atoms with Gasteiger partial charge in [0.1, 0.15) is 12.4 Å². The first-order valence-electron chi connectivity index (χ1n) is 9.91. The number of hydrogen-bond acceptors (Lipinski definition) is 6. The summed E-state index contributed by atoms with van der Waals surface area (Å²) in [4.78, 5) is 4.65. The van der Waals surface area contributed by atoms with Crippen molar-refractivity contribution in [2.45, 2.75) is 13.2 Å². The van der Waals surface area contributed by atoms with Crippen LogP contribution in [0, 0.1) is 0 Å². The van der Waals surface area contributed by atoms with Crippen LogP contribution in [-0.4, -0.2) is 10.8 Å². The summed E-state index contributed by atoms with van der Waals surface area (Å²) in [5.74, 6) is 6.28. The maximum Gasteiger partial charge on any atom is 0.152 e. The Morgan fingerprint density at radius 1 is 0.935 bits per heavy atom. The third-order valence-electron chi connectivity index (χ3n) is 4.81. The molecule has 3 aromatic carbocycles. The highest BCUT2D eigenvalue weighted by Crippen LogP contribution is 2.20. The van der Waals surface area contributed by atoms with Crippen molar-refractivity contribution in [1.82, 2.24) is 10.5 Å². The van der Waals surface area contributed by atoms with Crippen molar-refractivity contribution >= 4 is 22.4 Å².